The first-order chi connectivity index (χ1) is 5.27. The summed E-state index contributed by atoms with van der Waals surface area (Å²) in [6.07, 6.45) is 0.100. The molecule has 1 unspecified atom stereocenters. The second kappa shape index (κ2) is 2.47. The van der Waals surface area contributed by atoms with Crippen LogP contribution in [-0.2, 0) is 4.74 Å². The molecule has 1 heterocycles. The van der Waals surface area contributed by atoms with Crippen molar-refractivity contribution in [1.82, 2.24) is 0 Å². The quantitative estimate of drug-likeness (QED) is 0.593. The highest BCUT2D eigenvalue weighted by Crippen LogP contribution is 2.34. The Hall–Kier alpha value is -0.600. The van der Waals surface area contributed by atoms with Crippen molar-refractivity contribution in [2.75, 3.05) is 6.61 Å². The molecule has 58 valence electrons. The lowest BCUT2D eigenvalue weighted by Crippen LogP contribution is -1.83. The van der Waals surface area contributed by atoms with Gasteiger partial charge in [-0.15, -0.1) is 0 Å². The normalized spacial score (nSPS) is 21.8. The summed E-state index contributed by atoms with van der Waals surface area (Å²) in [7, 11) is 0. The summed E-state index contributed by atoms with van der Waals surface area (Å²) >= 11 is 5.74. The average Bonchev–Trinajstić information content (AvgIpc) is 2.70. The van der Waals surface area contributed by atoms with Gasteiger partial charge in [0.25, 0.3) is 0 Å². The smallest absolute Gasteiger partial charge is 0.124 e. The maximum Gasteiger partial charge on any atom is 0.124 e. The third-order valence-electron chi connectivity index (χ3n) is 1.64. The van der Waals surface area contributed by atoms with Crippen molar-refractivity contribution in [3.8, 4) is 0 Å². The van der Waals surface area contributed by atoms with Crippen LogP contribution in [0.15, 0.2) is 18.2 Å². The molecule has 0 saturated carbocycles. The van der Waals surface area contributed by atoms with Gasteiger partial charge < -0.3 is 4.74 Å². The lowest BCUT2D eigenvalue weighted by Gasteiger charge is -1.98. The highest BCUT2D eigenvalue weighted by Gasteiger charge is 2.26. The lowest BCUT2D eigenvalue weighted by atomic mass is 10.2. The molecule has 0 N–H and O–H groups in total. The average molecular weight is 173 g/mol. The van der Waals surface area contributed by atoms with Crippen LogP contribution in [0.4, 0.5) is 4.39 Å². The van der Waals surface area contributed by atoms with Gasteiger partial charge in [0, 0.05) is 10.6 Å². The molecule has 1 fully saturated rings. The Morgan fingerprint density at radius 1 is 1.55 bits per heavy atom. The Balaban J connectivity index is 2.39. The minimum Gasteiger partial charge on any atom is -0.368 e. The summed E-state index contributed by atoms with van der Waals surface area (Å²) in [5.41, 5.74) is 0.882. The first kappa shape index (κ1) is 7.07. The van der Waals surface area contributed by atoms with E-state index < -0.39 is 0 Å². The summed E-state index contributed by atoms with van der Waals surface area (Å²) in [5.74, 6) is -0.306. The molecule has 1 aromatic rings. The van der Waals surface area contributed by atoms with Gasteiger partial charge in [-0.2, -0.15) is 0 Å². The predicted molar refractivity (Wildman–Crippen MR) is 40.1 cm³/mol. The van der Waals surface area contributed by atoms with E-state index in [-0.39, 0.29) is 11.9 Å². The monoisotopic (exact) mass is 172 g/mol. The Morgan fingerprint density at radius 3 is 2.82 bits per heavy atom. The molecule has 1 aliphatic rings. The summed E-state index contributed by atoms with van der Waals surface area (Å²) in [4.78, 5) is 0. The Morgan fingerprint density at radius 2 is 2.27 bits per heavy atom. The molecule has 1 aliphatic heterocycles. The number of halogens is 2. The Bertz CT molecular complexity index is 283. The van der Waals surface area contributed by atoms with Crippen LogP contribution in [0.3, 0.4) is 0 Å². The number of rotatable bonds is 1. The van der Waals surface area contributed by atoms with Gasteiger partial charge in [-0.3, -0.25) is 0 Å². The molecule has 1 atom stereocenters. The van der Waals surface area contributed by atoms with Crippen molar-refractivity contribution >= 4 is 11.6 Å². The fourth-order valence-electron chi connectivity index (χ4n) is 0.990. The predicted octanol–water partition coefficient (Wildman–Crippen LogP) is 2.55. The molecule has 3 heteroatoms. The van der Waals surface area contributed by atoms with Crippen molar-refractivity contribution in [1.29, 1.82) is 0 Å². The third kappa shape index (κ3) is 1.37. The van der Waals surface area contributed by atoms with Crippen LogP contribution in [0.5, 0.6) is 0 Å². The van der Waals surface area contributed by atoms with Crippen LogP contribution in [-0.4, -0.2) is 6.61 Å². The third-order valence-corrected chi connectivity index (χ3v) is 1.97. The van der Waals surface area contributed by atoms with Gasteiger partial charge in [-0.25, -0.2) is 4.39 Å². The zero-order valence-corrected chi connectivity index (χ0v) is 6.44. The second-order valence-electron chi connectivity index (χ2n) is 2.49. The van der Waals surface area contributed by atoms with Crippen molar-refractivity contribution < 1.29 is 9.13 Å². The van der Waals surface area contributed by atoms with E-state index in [1.54, 1.807) is 6.07 Å². The van der Waals surface area contributed by atoms with Gasteiger partial charge in [0.1, 0.15) is 11.9 Å². The maximum absolute atomic E-state index is 12.5. The number of hydrogen-bond acceptors (Lipinski definition) is 1. The van der Waals surface area contributed by atoms with Crippen molar-refractivity contribution in [2.45, 2.75) is 6.10 Å². The molecular weight excluding hydrogens is 167 g/mol. The lowest BCUT2D eigenvalue weighted by molar-refractivity contribution is 0.415. The molecule has 2 rings (SSSR count). The zero-order valence-electron chi connectivity index (χ0n) is 5.68. The van der Waals surface area contributed by atoms with Crippen LogP contribution < -0.4 is 0 Å². The summed E-state index contributed by atoms with van der Waals surface area (Å²) in [6, 6.07) is 4.36. The first-order valence-corrected chi connectivity index (χ1v) is 3.72. The van der Waals surface area contributed by atoms with E-state index in [1.165, 1.54) is 12.1 Å². The van der Waals surface area contributed by atoms with E-state index in [1.807, 2.05) is 0 Å². The summed E-state index contributed by atoms with van der Waals surface area (Å²) in [5, 5.41) is 0.451. The zero-order chi connectivity index (χ0) is 7.84. The van der Waals surface area contributed by atoms with Crippen LogP contribution in [0.1, 0.15) is 11.7 Å². The molecule has 1 aromatic carbocycles. The fraction of sp³-hybridized carbons (Fsp3) is 0.250. The Kier molecular flexibility index (Phi) is 1.59. The fourth-order valence-corrected chi connectivity index (χ4v) is 1.28. The van der Waals surface area contributed by atoms with Crippen LogP contribution in [0.2, 0.25) is 5.02 Å². The molecule has 0 spiro atoms. The summed E-state index contributed by atoms with van der Waals surface area (Å²) in [6.45, 7) is 0.700. The molecular formula is C8H6ClFO. The van der Waals surface area contributed by atoms with E-state index in [0.29, 0.717) is 11.6 Å². The van der Waals surface area contributed by atoms with Gasteiger partial charge >= 0.3 is 0 Å². The number of benzene rings is 1. The minimum atomic E-state index is -0.306. The highest BCUT2D eigenvalue weighted by atomic mass is 35.5. The van der Waals surface area contributed by atoms with Crippen molar-refractivity contribution in [2.24, 2.45) is 0 Å². The van der Waals surface area contributed by atoms with Crippen LogP contribution in [0.25, 0.3) is 0 Å². The van der Waals surface area contributed by atoms with Crippen molar-refractivity contribution in [3.63, 3.8) is 0 Å². The number of ether oxygens (including phenoxy) is 1. The second-order valence-corrected chi connectivity index (χ2v) is 2.90. The highest BCUT2D eigenvalue weighted by molar-refractivity contribution is 6.31. The maximum atomic E-state index is 12.5. The Labute approximate surface area is 68.7 Å². The van der Waals surface area contributed by atoms with E-state index in [2.05, 4.69) is 0 Å². The van der Waals surface area contributed by atoms with E-state index in [0.717, 1.165) is 5.56 Å². The molecule has 0 aliphatic carbocycles. The van der Waals surface area contributed by atoms with Gasteiger partial charge in [0.15, 0.2) is 0 Å². The van der Waals surface area contributed by atoms with Gasteiger partial charge in [-0.1, -0.05) is 17.7 Å². The molecule has 0 radical (unpaired) electrons. The summed E-state index contributed by atoms with van der Waals surface area (Å²) < 4.78 is 17.5. The molecule has 0 amide bonds. The minimum absolute atomic E-state index is 0.100. The standard InChI is InChI=1S/C8H6ClFO/c9-7-3-5(10)1-2-6(7)8-4-11-8/h1-3,8H,4H2. The number of epoxide rings is 1. The van der Waals surface area contributed by atoms with Crippen molar-refractivity contribution in [3.05, 3.63) is 34.6 Å². The van der Waals surface area contributed by atoms with E-state index in [4.69, 9.17) is 16.3 Å². The SMILES string of the molecule is Fc1ccc(C2CO2)c(Cl)c1. The molecule has 1 saturated heterocycles. The van der Waals surface area contributed by atoms with Gasteiger partial charge in [0.2, 0.25) is 0 Å². The largest absolute Gasteiger partial charge is 0.368 e. The molecule has 11 heavy (non-hydrogen) atoms. The van der Waals surface area contributed by atoms with Crippen LogP contribution >= 0.6 is 11.6 Å². The first-order valence-electron chi connectivity index (χ1n) is 3.34. The van der Waals surface area contributed by atoms with Gasteiger partial charge in [-0.05, 0) is 12.1 Å². The van der Waals surface area contributed by atoms with Crippen LogP contribution in [0, 0.1) is 5.82 Å². The number of hydrogen-bond donors (Lipinski definition) is 0. The van der Waals surface area contributed by atoms with E-state index >= 15 is 0 Å². The molecule has 0 bridgehead atoms. The molecule has 0 aromatic heterocycles. The molecule has 1 nitrogen and oxygen atoms in total. The van der Waals surface area contributed by atoms with E-state index in [9.17, 15) is 4.39 Å². The van der Waals surface area contributed by atoms with Gasteiger partial charge in [0.05, 0.1) is 6.61 Å². The topological polar surface area (TPSA) is 12.5 Å².